The normalized spacial score (nSPS) is 29.7. The Morgan fingerprint density at radius 1 is 1.50 bits per heavy atom. The van der Waals surface area contributed by atoms with E-state index in [4.69, 9.17) is 23.2 Å². The van der Waals surface area contributed by atoms with Crippen LogP contribution in [-0.4, -0.2) is 19.0 Å². The Kier molecular flexibility index (Phi) is 3.61. The maximum atomic E-state index is 11.8. The van der Waals surface area contributed by atoms with Crippen molar-refractivity contribution in [3.8, 4) is 0 Å². The molecule has 1 aliphatic rings. The van der Waals surface area contributed by atoms with Gasteiger partial charge >= 0.3 is 0 Å². The van der Waals surface area contributed by atoms with Crippen molar-refractivity contribution in [2.75, 3.05) is 5.75 Å². The molecule has 1 rings (SSSR count). The summed E-state index contributed by atoms with van der Waals surface area (Å²) < 4.78 is 11.2. The maximum absolute atomic E-state index is 11.8. The predicted molar refractivity (Wildman–Crippen MR) is 64.5 cm³/mol. The van der Waals surface area contributed by atoms with Crippen LogP contribution >= 0.6 is 23.2 Å². The van der Waals surface area contributed by atoms with E-state index in [0.29, 0.717) is 17.6 Å². The molecule has 0 heterocycles. The van der Waals surface area contributed by atoms with Crippen molar-refractivity contribution < 1.29 is 4.21 Å². The average Bonchev–Trinajstić information content (AvgIpc) is 2.57. The van der Waals surface area contributed by atoms with Crippen molar-refractivity contribution in [2.24, 2.45) is 11.8 Å². The summed E-state index contributed by atoms with van der Waals surface area (Å²) in [6.07, 6.45) is 0.846. The van der Waals surface area contributed by atoms with Gasteiger partial charge < -0.3 is 0 Å². The van der Waals surface area contributed by atoms with Gasteiger partial charge in [0.15, 0.2) is 0 Å². The van der Waals surface area contributed by atoms with Gasteiger partial charge in [0.1, 0.15) is 4.33 Å². The molecule has 0 aromatic rings. The quantitative estimate of drug-likeness (QED) is 0.708. The maximum Gasteiger partial charge on any atom is 0.121 e. The largest absolute Gasteiger partial charge is 0.259 e. The van der Waals surface area contributed by atoms with Crippen LogP contribution in [0.25, 0.3) is 0 Å². The number of alkyl halides is 2. The first kappa shape index (κ1) is 12.8. The summed E-state index contributed by atoms with van der Waals surface area (Å²) in [5, 5.41) is 0. The van der Waals surface area contributed by atoms with Gasteiger partial charge in [0.2, 0.25) is 0 Å². The molecule has 0 aliphatic heterocycles. The van der Waals surface area contributed by atoms with Gasteiger partial charge in [0.05, 0.1) is 0 Å². The number of rotatable bonds is 3. The second-order valence-corrected chi connectivity index (χ2v) is 8.97. The molecule has 0 N–H and O–H groups in total. The van der Waals surface area contributed by atoms with Gasteiger partial charge in [-0.25, -0.2) is 0 Å². The van der Waals surface area contributed by atoms with E-state index in [1.807, 2.05) is 20.8 Å². The zero-order chi connectivity index (χ0) is 11.1. The summed E-state index contributed by atoms with van der Waals surface area (Å²) in [5.74, 6) is 1.39. The van der Waals surface area contributed by atoms with Crippen molar-refractivity contribution in [2.45, 2.75) is 43.2 Å². The second kappa shape index (κ2) is 3.95. The fourth-order valence-electron chi connectivity index (χ4n) is 1.46. The molecule has 0 saturated heterocycles. The van der Waals surface area contributed by atoms with Gasteiger partial charge in [0.25, 0.3) is 0 Å². The lowest BCUT2D eigenvalue weighted by atomic mass is 10.1. The fraction of sp³-hybridized carbons (Fsp3) is 1.00. The lowest BCUT2D eigenvalue weighted by molar-refractivity contribution is 0.549. The number of hydrogen-bond acceptors (Lipinski definition) is 1. The molecule has 1 nitrogen and oxygen atoms in total. The van der Waals surface area contributed by atoms with E-state index in [2.05, 4.69) is 6.92 Å². The van der Waals surface area contributed by atoms with Crippen molar-refractivity contribution in [1.29, 1.82) is 0 Å². The van der Waals surface area contributed by atoms with E-state index in [0.717, 1.165) is 6.42 Å². The Bertz CT molecular complexity index is 245. The molecule has 14 heavy (non-hydrogen) atoms. The predicted octanol–water partition coefficient (Wildman–Crippen LogP) is 3.36. The van der Waals surface area contributed by atoms with Gasteiger partial charge in [-0.15, -0.1) is 23.2 Å². The molecule has 0 radical (unpaired) electrons. The Hall–Kier alpha value is 0.730. The highest BCUT2D eigenvalue weighted by Gasteiger charge is 2.54. The van der Waals surface area contributed by atoms with Gasteiger partial charge in [-0.1, -0.05) is 6.92 Å². The number of hydrogen-bond donors (Lipinski definition) is 0. The molecule has 0 unspecified atom stereocenters. The van der Waals surface area contributed by atoms with E-state index in [1.165, 1.54) is 0 Å². The molecule has 84 valence electrons. The molecule has 1 fully saturated rings. The summed E-state index contributed by atoms with van der Waals surface area (Å²) >= 11 is 11.9. The first-order valence-corrected chi connectivity index (χ1v) is 6.98. The molecule has 3 atom stereocenters. The standard InChI is InChI=1S/C10H18Cl2OS/c1-7(8-5-10(8,11)12)6-14(13)9(2,3)4/h7-8H,5-6H2,1-4H3/t7-,8+,14-/m1/s1. The highest BCUT2D eigenvalue weighted by molar-refractivity contribution is 7.86. The first-order valence-electron chi connectivity index (χ1n) is 4.91. The smallest absolute Gasteiger partial charge is 0.121 e. The molecule has 1 aliphatic carbocycles. The third-order valence-electron chi connectivity index (χ3n) is 2.66. The summed E-state index contributed by atoms with van der Waals surface area (Å²) in [4.78, 5) is 0. The van der Waals surface area contributed by atoms with Crippen LogP contribution in [0.1, 0.15) is 34.1 Å². The molecule has 0 aromatic heterocycles. The van der Waals surface area contributed by atoms with Crippen LogP contribution in [0.15, 0.2) is 0 Å². The van der Waals surface area contributed by atoms with Crippen LogP contribution in [-0.2, 0) is 10.8 Å². The monoisotopic (exact) mass is 256 g/mol. The molecule has 0 spiro atoms. The zero-order valence-corrected chi connectivity index (χ0v) is 11.5. The third-order valence-corrected chi connectivity index (χ3v) is 5.72. The highest BCUT2D eigenvalue weighted by atomic mass is 35.5. The molecule has 0 amide bonds. The van der Waals surface area contributed by atoms with Crippen molar-refractivity contribution in [1.82, 2.24) is 0 Å². The Labute approximate surface area is 99.0 Å². The van der Waals surface area contributed by atoms with Gasteiger partial charge in [-0.2, -0.15) is 0 Å². The third kappa shape index (κ3) is 3.11. The minimum absolute atomic E-state index is 0.134. The average molecular weight is 257 g/mol. The topological polar surface area (TPSA) is 17.1 Å². The molecule has 4 heteroatoms. The Morgan fingerprint density at radius 2 is 1.93 bits per heavy atom. The zero-order valence-electron chi connectivity index (χ0n) is 9.14. The molecule has 0 aromatic carbocycles. The van der Waals surface area contributed by atoms with E-state index < -0.39 is 15.1 Å². The lowest BCUT2D eigenvalue weighted by Gasteiger charge is -2.20. The van der Waals surface area contributed by atoms with Crippen LogP contribution in [0.5, 0.6) is 0 Å². The van der Waals surface area contributed by atoms with Gasteiger partial charge in [0, 0.05) is 21.3 Å². The van der Waals surface area contributed by atoms with Gasteiger partial charge in [-0.3, -0.25) is 4.21 Å². The molecule has 1 saturated carbocycles. The molecule has 0 bridgehead atoms. The van der Waals surface area contributed by atoms with Crippen molar-refractivity contribution in [3.05, 3.63) is 0 Å². The summed E-state index contributed by atoms with van der Waals surface area (Å²) in [7, 11) is -0.798. The van der Waals surface area contributed by atoms with Crippen LogP contribution in [0.2, 0.25) is 0 Å². The van der Waals surface area contributed by atoms with E-state index >= 15 is 0 Å². The summed E-state index contributed by atoms with van der Waals surface area (Å²) in [5.41, 5.74) is 0. The van der Waals surface area contributed by atoms with E-state index in [1.54, 1.807) is 0 Å². The van der Waals surface area contributed by atoms with Crippen LogP contribution < -0.4 is 0 Å². The summed E-state index contributed by atoms with van der Waals surface area (Å²) in [6.45, 7) is 8.08. The van der Waals surface area contributed by atoms with E-state index in [-0.39, 0.29) is 4.75 Å². The minimum Gasteiger partial charge on any atom is -0.259 e. The highest BCUT2D eigenvalue weighted by Crippen LogP contribution is 2.57. The SMILES string of the molecule is C[C@H](C[S@@](=O)C(C)(C)C)[C@@H]1CC1(Cl)Cl. The Morgan fingerprint density at radius 3 is 2.21 bits per heavy atom. The van der Waals surface area contributed by atoms with Crippen molar-refractivity contribution in [3.63, 3.8) is 0 Å². The van der Waals surface area contributed by atoms with Crippen LogP contribution in [0.4, 0.5) is 0 Å². The van der Waals surface area contributed by atoms with Crippen LogP contribution in [0, 0.1) is 11.8 Å². The number of halogens is 2. The minimum atomic E-state index is -0.798. The molecular weight excluding hydrogens is 239 g/mol. The van der Waals surface area contributed by atoms with Crippen LogP contribution in [0.3, 0.4) is 0 Å². The fourth-order valence-corrected chi connectivity index (χ4v) is 3.43. The van der Waals surface area contributed by atoms with Gasteiger partial charge in [-0.05, 0) is 39.0 Å². The molecular formula is C10H18Cl2OS. The Balaban J connectivity index is 2.43. The van der Waals surface area contributed by atoms with Crippen molar-refractivity contribution >= 4 is 34.0 Å². The summed E-state index contributed by atoms with van der Waals surface area (Å²) in [6, 6.07) is 0. The first-order chi connectivity index (χ1) is 6.14. The lowest BCUT2D eigenvalue weighted by Crippen LogP contribution is -2.27. The second-order valence-electron chi connectivity index (χ2n) is 5.17. The van der Waals surface area contributed by atoms with E-state index in [9.17, 15) is 4.21 Å².